The van der Waals surface area contributed by atoms with Crippen molar-refractivity contribution in [2.45, 2.75) is 73.3 Å². The van der Waals surface area contributed by atoms with Crippen molar-refractivity contribution in [2.24, 2.45) is 0 Å². The number of hydrogen-bond donors (Lipinski definition) is 1. The number of hydrogen-bond acceptors (Lipinski definition) is 5. The molecule has 2 atom stereocenters. The summed E-state index contributed by atoms with van der Waals surface area (Å²) < 4.78 is 53.2. The van der Waals surface area contributed by atoms with Gasteiger partial charge in [-0.25, -0.2) is 21.6 Å². The van der Waals surface area contributed by atoms with E-state index in [1.54, 1.807) is 57.2 Å². The average molecular weight is 481 g/mol. The van der Waals surface area contributed by atoms with E-state index in [0.29, 0.717) is 24.3 Å². The van der Waals surface area contributed by atoms with Crippen LogP contribution in [0.2, 0.25) is 0 Å². The van der Waals surface area contributed by atoms with Crippen molar-refractivity contribution >= 4 is 19.9 Å². The summed E-state index contributed by atoms with van der Waals surface area (Å²) in [5.41, 5.74) is 0. The zero-order valence-corrected chi connectivity index (χ0v) is 21.0. The molecule has 1 aromatic carbocycles. The second-order valence-electron chi connectivity index (χ2n) is 9.74. The highest BCUT2D eigenvalue weighted by atomic mass is 32.2. The van der Waals surface area contributed by atoms with Gasteiger partial charge in [-0.1, -0.05) is 42.5 Å². The van der Waals surface area contributed by atoms with Crippen LogP contribution in [0.4, 0.5) is 0 Å². The van der Waals surface area contributed by atoms with E-state index in [9.17, 15) is 16.8 Å². The minimum atomic E-state index is -3.49. The lowest BCUT2D eigenvalue weighted by molar-refractivity contribution is 0.196. The third-order valence-electron chi connectivity index (χ3n) is 6.69. The molecular weight excluding hydrogens is 444 g/mol. The van der Waals surface area contributed by atoms with Gasteiger partial charge in [0.25, 0.3) is 0 Å². The number of piperidine rings is 1. The molecule has 0 amide bonds. The Labute approximate surface area is 193 Å². The molecule has 3 rings (SSSR count). The number of sulfone groups is 1. The third-order valence-corrected chi connectivity index (χ3v) is 11.4. The molecule has 8 heteroatoms. The number of likely N-dealkylation sites (tertiary alicyclic amines) is 1. The van der Waals surface area contributed by atoms with Gasteiger partial charge in [-0.3, -0.25) is 0 Å². The van der Waals surface area contributed by atoms with Crippen molar-refractivity contribution in [1.82, 2.24) is 9.62 Å². The highest BCUT2D eigenvalue weighted by Gasteiger charge is 2.39. The van der Waals surface area contributed by atoms with E-state index in [4.69, 9.17) is 0 Å². The summed E-state index contributed by atoms with van der Waals surface area (Å²) in [5, 5.41) is 0. The molecule has 1 saturated heterocycles. The highest BCUT2D eigenvalue weighted by molar-refractivity contribution is 7.92. The molecule has 1 aromatic rings. The van der Waals surface area contributed by atoms with Crippen LogP contribution in [-0.2, 0) is 19.9 Å². The van der Waals surface area contributed by atoms with Crippen molar-refractivity contribution in [1.29, 1.82) is 0 Å². The van der Waals surface area contributed by atoms with Gasteiger partial charge in [0.2, 0.25) is 10.0 Å². The Morgan fingerprint density at radius 2 is 1.84 bits per heavy atom. The van der Waals surface area contributed by atoms with Gasteiger partial charge in [0.05, 0.1) is 9.64 Å². The maximum atomic E-state index is 13.0. The fourth-order valence-electron chi connectivity index (χ4n) is 4.40. The van der Waals surface area contributed by atoms with Crippen LogP contribution >= 0.6 is 0 Å². The molecule has 1 aliphatic carbocycles. The second-order valence-corrected chi connectivity index (χ2v) is 14.5. The van der Waals surface area contributed by atoms with E-state index in [0.717, 1.165) is 32.4 Å². The van der Waals surface area contributed by atoms with Crippen LogP contribution in [0.5, 0.6) is 0 Å². The SMILES string of the molecule is CC1(S(=O)(=O)NC2CCCN(CCCC(C)(C)S(=O)(=O)c3ccccc3)C2)C=CC=CC1. The van der Waals surface area contributed by atoms with Crippen molar-refractivity contribution in [3.8, 4) is 0 Å². The van der Waals surface area contributed by atoms with Crippen LogP contribution in [0.25, 0.3) is 0 Å². The molecule has 178 valence electrons. The quantitative estimate of drug-likeness (QED) is 0.583. The van der Waals surface area contributed by atoms with Gasteiger partial charge in [-0.2, -0.15) is 0 Å². The first-order valence-electron chi connectivity index (χ1n) is 11.4. The van der Waals surface area contributed by atoms with E-state index in [2.05, 4.69) is 9.62 Å². The van der Waals surface area contributed by atoms with Crippen molar-refractivity contribution < 1.29 is 16.8 Å². The first-order chi connectivity index (χ1) is 15.0. The highest BCUT2D eigenvalue weighted by Crippen LogP contribution is 2.30. The summed E-state index contributed by atoms with van der Waals surface area (Å²) in [7, 11) is -6.91. The van der Waals surface area contributed by atoms with Gasteiger partial charge < -0.3 is 4.90 Å². The van der Waals surface area contributed by atoms with Crippen LogP contribution in [0.1, 0.15) is 52.9 Å². The molecule has 32 heavy (non-hydrogen) atoms. The van der Waals surface area contributed by atoms with Gasteiger partial charge in [0, 0.05) is 12.6 Å². The first kappa shape index (κ1) is 25.1. The third kappa shape index (κ3) is 5.53. The predicted octanol–water partition coefficient (Wildman–Crippen LogP) is 3.68. The van der Waals surface area contributed by atoms with Gasteiger partial charge in [0.15, 0.2) is 9.84 Å². The number of benzene rings is 1. The molecule has 2 aliphatic rings. The molecule has 2 unspecified atom stereocenters. The van der Waals surface area contributed by atoms with E-state index in [-0.39, 0.29) is 6.04 Å². The molecule has 1 aliphatic heterocycles. The molecule has 1 N–H and O–H groups in total. The predicted molar refractivity (Wildman–Crippen MR) is 130 cm³/mol. The molecule has 0 spiro atoms. The Morgan fingerprint density at radius 1 is 1.12 bits per heavy atom. The Kier molecular flexibility index (Phi) is 7.70. The van der Waals surface area contributed by atoms with E-state index >= 15 is 0 Å². The van der Waals surface area contributed by atoms with E-state index < -0.39 is 29.4 Å². The van der Waals surface area contributed by atoms with Crippen molar-refractivity contribution in [2.75, 3.05) is 19.6 Å². The number of nitrogens with one attached hydrogen (secondary N) is 1. The summed E-state index contributed by atoms with van der Waals surface area (Å²) in [4.78, 5) is 2.61. The fourth-order valence-corrected chi connectivity index (χ4v) is 7.44. The lowest BCUT2D eigenvalue weighted by Gasteiger charge is -2.36. The minimum absolute atomic E-state index is 0.119. The summed E-state index contributed by atoms with van der Waals surface area (Å²) in [6.45, 7) is 7.65. The standard InChI is InChI=1S/C24H36N2O4S2/c1-23(2,31(27,28)22-13-6-4-7-14-22)15-11-19-26-18-10-12-21(20-26)25-32(29,30)24(3)16-8-5-9-17-24/h4-9,13-14,16,21,25H,10-12,15,17-20H2,1-3H3. The fraction of sp³-hybridized carbons (Fsp3) is 0.583. The number of allylic oxidation sites excluding steroid dienone is 3. The van der Waals surface area contributed by atoms with E-state index in [1.807, 2.05) is 18.2 Å². The minimum Gasteiger partial charge on any atom is -0.302 e. The summed E-state index contributed by atoms with van der Waals surface area (Å²) in [6, 6.07) is 8.49. The molecule has 1 heterocycles. The van der Waals surface area contributed by atoms with Crippen LogP contribution in [0.15, 0.2) is 59.5 Å². The monoisotopic (exact) mass is 480 g/mol. The topological polar surface area (TPSA) is 83.6 Å². The van der Waals surface area contributed by atoms with Gasteiger partial charge >= 0.3 is 0 Å². The Hall–Kier alpha value is -1.48. The zero-order valence-electron chi connectivity index (χ0n) is 19.3. The summed E-state index contributed by atoms with van der Waals surface area (Å²) in [5.74, 6) is 0. The molecule has 1 fully saturated rings. The Morgan fingerprint density at radius 3 is 2.50 bits per heavy atom. The molecule has 0 radical (unpaired) electrons. The lowest BCUT2D eigenvalue weighted by Crippen LogP contribution is -2.52. The molecule has 0 bridgehead atoms. The lowest BCUT2D eigenvalue weighted by atomic mass is 10.0. The Balaban J connectivity index is 1.54. The van der Waals surface area contributed by atoms with Crippen LogP contribution in [0, 0.1) is 0 Å². The number of rotatable bonds is 9. The maximum Gasteiger partial charge on any atom is 0.221 e. The normalized spacial score (nSPS) is 25.2. The smallest absolute Gasteiger partial charge is 0.221 e. The second kappa shape index (κ2) is 9.79. The molecular formula is C24H36N2O4S2. The number of nitrogens with zero attached hydrogens (tertiary/aromatic N) is 1. The average Bonchev–Trinajstić information content (AvgIpc) is 2.74. The molecule has 0 saturated carbocycles. The van der Waals surface area contributed by atoms with E-state index in [1.165, 1.54) is 0 Å². The largest absolute Gasteiger partial charge is 0.302 e. The van der Waals surface area contributed by atoms with Crippen LogP contribution in [0.3, 0.4) is 0 Å². The molecule has 0 aromatic heterocycles. The van der Waals surface area contributed by atoms with Gasteiger partial charge in [-0.05, 0) is 78.1 Å². The summed E-state index contributed by atoms with van der Waals surface area (Å²) in [6.07, 6.45) is 10.8. The maximum absolute atomic E-state index is 13.0. The van der Waals surface area contributed by atoms with Crippen molar-refractivity contribution in [3.63, 3.8) is 0 Å². The first-order valence-corrected chi connectivity index (χ1v) is 14.3. The van der Waals surface area contributed by atoms with Gasteiger partial charge in [-0.15, -0.1) is 0 Å². The number of sulfonamides is 1. The van der Waals surface area contributed by atoms with Gasteiger partial charge in [0.1, 0.15) is 4.75 Å². The van der Waals surface area contributed by atoms with Crippen LogP contribution in [-0.4, -0.2) is 56.9 Å². The van der Waals surface area contributed by atoms with Crippen LogP contribution < -0.4 is 4.72 Å². The zero-order chi connectivity index (χ0) is 23.5. The van der Waals surface area contributed by atoms with Crippen molar-refractivity contribution in [3.05, 3.63) is 54.6 Å². The summed E-state index contributed by atoms with van der Waals surface area (Å²) >= 11 is 0. The molecule has 6 nitrogen and oxygen atoms in total. The Bertz CT molecular complexity index is 1050.